The summed E-state index contributed by atoms with van der Waals surface area (Å²) in [5.74, 6) is -3.05. The Labute approximate surface area is 190 Å². The Kier molecular flexibility index (Phi) is 5.11. The third kappa shape index (κ3) is 2.93. The minimum Gasteiger partial charge on any atom is -0.461 e. The number of benzene rings is 1. The number of aliphatic hydroxyl groups excluding tert-OH is 1. The number of esters is 1. The van der Waals surface area contributed by atoms with E-state index in [1.807, 2.05) is 0 Å². The van der Waals surface area contributed by atoms with Gasteiger partial charge in [-0.25, -0.2) is 0 Å². The van der Waals surface area contributed by atoms with Crippen LogP contribution in [0.25, 0.3) is 0 Å². The van der Waals surface area contributed by atoms with Crippen molar-refractivity contribution in [3.8, 4) is 0 Å². The number of cyclic esters (lactones) is 1. The second kappa shape index (κ2) is 7.72. The van der Waals surface area contributed by atoms with E-state index in [2.05, 4.69) is 0 Å². The standard InChI is InChI=1S/C23H23ClN2O6/c1-13(12-27)26-19-21(29)25(15-7-5-14(24)6-8-15)10-3-9-23(19)18(20(26)28)17-16(32-23)4-2-11-31-22(17)30/h2-9,13,16-19,27H,10-12H2,1H3/t13-,16-,17+,18+,19?,23+/m1/s1. The van der Waals surface area contributed by atoms with Crippen LogP contribution in [0.15, 0.2) is 48.6 Å². The Balaban J connectivity index is 1.64. The summed E-state index contributed by atoms with van der Waals surface area (Å²) in [7, 11) is 0. The number of hydrogen-bond donors (Lipinski definition) is 1. The van der Waals surface area contributed by atoms with Crippen molar-refractivity contribution in [2.45, 2.75) is 30.7 Å². The monoisotopic (exact) mass is 458 g/mol. The van der Waals surface area contributed by atoms with Crippen LogP contribution in [0.5, 0.6) is 0 Å². The second-order valence-electron chi connectivity index (χ2n) is 8.50. The van der Waals surface area contributed by atoms with Crippen molar-refractivity contribution < 1.29 is 29.0 Å². The summed E-state index contributed by atoms with van der Waals surface area (Å²) in [5.41, 5.74) is -0.713. The summed E-state index contributed by atoms with van der Waals surface area (Å²) in [4.78, 5) is 43.4. The first kappa shape index (κ1) is 21.2. The van der Waals surface area contributed by atoms with Crippen molar-refractivity contribution in [2.75, 3.05) is 24.7 Å². The average Bonchev–Trinajstić information content (AvgIpc) is 3.09. The Hall–Kier alpha value is -2.68. The normalized spacial score (nSPS) is 34.5. The lowest BCUT2D eigenvalue weighted by atomic mass is 9.78. The van der Waals surface area contributed by atoms with Crippen molar-refractivity contribution in [3.05, 3.63) is 53.6 Å². The van der Waals surface area contributed by atoms with Crippen LogP contribution in [0.1, 0.15) is 6.92 Å². The van der Waals surface area contributed by atoms with Gasteiger partial charge in [0.1, 0.15) is 24.2 Å². The fourth-order valence-corrected chi connectivity index (χ4v) is 5.45. The number of ether oxygens (including phenoxy) is 2. The van der Waals surface area contributed by atoms with Gasteiger partial charge in [0.25, 0.3) is 5.91 Å². The molecule has 5 rings (SSSR count). The fourth-order valence-electron chi connectivity index (χ4n) is 5.32. The molecule has 4 aliphatic rings. The number of likely N-dealkylation sites (tertiary alicyclic amines) is 1. The first-order valence-corrected chi connectivity index (χ1v) is 11.0. The van der Waals surface area contributed by atoms with E-state index in [9.17, 15) is 19.5 Å². The Bertz CT molecular complexity index is 1020. The van der Waals surface area contributed by atoms with E-state index in [4.69, 9.17) is 21.1 Å². The SMILES string of the molecule is C[C@H](CO)N1C(=O)[C@@H]2[C@H]3C(=O)OCC=C[C@H]3O[C@@]23C=CCN(c2ccc(Cl)cc2)C(=O)C13. The highest BCUT2D eigenvalue weighted by molar-refractivity contribution is 6.30. The lowest BCUT2D eigenvalue weighted by molar-refractivity contribution is -0.153. The molecule has 9 heteroatoms. The Morgan fingerprint density at radius 2 is 1.94 bits per heavy atom. The molecule has 0 aliphatic carbocycles. The van der Waals surface area contributed by atoms with Crippen LogP contribution in [0.4, 0.5) is 5.69 Å². The summed E-state index contributed by atoms with van der Waals surface area (Å²) in [6, 6.07) is 5.17. The number of carbonyl (C=O) groups excluding carboxylic acids is 3. The van der Waals surface area contributed by atoms with Crippen LogP contribution in [-0.4, -0.2) is 71.3 Å². The summed E-state index contributed by atoms with van der Waals surface area (Å²) < 4.78 is 11.7. The van der Waals surface area contributed by atoms with E-state index >= 15 is 0 Å². The molecule has 1 spiro atoms. The number of fused-ring (bicyclic) bond motifs is 2. The maximum atomic E-state index is 13.9. The average molecular weight is 459 g/mol. The van der Waals surface area contributed by atoms with E-state index in [1.165, 1.54) is 4.90 Å². The summed E-state index contributed by atoms with van der Waals surface area (Å²) >= 11 is 6.01. The van der Waals surface area contributed by atoms with Gasteiger partial charge in [0, 0.05) is 17.3 Å². The summed E-state index contributed by atoms with van der Waals surface area (Å²) in [6.07, 6.45) is 6.28. The summed E-state index contributed by atoms with van der Waals surface area (Å²) in [6.45, 7) is 1.72. The van der Waals surface area contributed by atoms with Crippen LogP contribution < -0.4 is 4.90 Å². The van der Waals surface area contributed by atoms with Gasteiger partial charge in [0.05, 0.1) is 24.7 Å². The Morgan fingerprint density at radius 1 is 1.19 bits per heavy atom. The van der Waals surface area contributed by atoms with Gasteiger partial charge in [0.15, 0.2) is 0 Å². The van der Waals surface area contributed by atoms with E-state index in [-0.39, 0.29) is 25.7 Å². The smallest absolute Gasteiger partial charge is 0.313 e. The van der Waals surface area contributed by atoms with Gasteiger partial charge >= 0.3 is 5.97 Å². The zero-order valence-corrected chi connectivity index (χ0v) is 18.1. The fraction of sp³-hybridized carbons (Fsp3) is 0.435. The zero-order chi connectivity index (χ0) is 22.6. The molecule has 0 bridgehead atoms. The second-order valence-corrected chi connectivity index (χ2v) is 8.94. The molecule has 6 atom stereocenters. The molecule has 168 valence electrons. The van der Waals surface area contributed by atoms with Gasteiger partial charge < -0.3 is 24.4 Å². The zero-order valence-electron chi connectivity index (χ0n) is 17.4. The first-order chi connectivity index (χ1) is 15.4. The third-order valence-electron chi connectivity index (χ3n) is 6.73. The van der Waals surface area contributed by atoms with Gasteiger partial charge in [-0.3, -0.25) is 14.4 Å². The largest absolute Gasteiger partial charge is 0.461 e. The topological polar surface area (TPSA) is 96.4 Å². The molecule has 1 N–H and O–H groups in total. The molecule has 2 amide bonds. The number of carbonyl (C=O) groups is 3. The van der Waals surface area contributed by atoms with Gasteiger partial charge in [-0.2, -0.15) is 0 Å². The van der Waals surface area contributed by atoms with Gasteiger partial charge in [0.2, 0.25) is 5.91 Å². The molecule has 1 unspecified atom stereocenters. The van der Waals surface area contributed by atoms with Crippen LogP contribution in [0.2, 0.25) is 5.02 Å². The molecule has 0 aromatic heterocycles. The molecule has 0 saturated carbocycles. The van der Waals surface area contributed by atoms with Gasteiger partial charge in [-0.15, -0.1) is 0 Å². The molecule has 4 aliphatic heterocycles. The first-order valence-electron chi connectivity index (χ1n) is 10.6. The molecule has 32 heavy (non-hydrogen) atoms. The van der Waals surface area contributed by atoms with Crippen molar-refractivity contribution in [1.82, 2.24) is 4.90 Å². The number of hydrogen-bond acceptors (Lipinski definition) is 6. The minimum absolute atomic E-state index is 0.113. The summed E-state index contributed by atoms with van der Waals surface area (Å²) in [5, 5.41) is 10.4. The number of amides is 2. The molecule has 8 nitrogen and oxygen atoms in total. The van der Waals surface area contributed by atoms with E-state index in [0.717, 1.165) is 0 Å². The molecular formula is C23H23ClN2O6. The predicted molar refractivity (Wildman–Crippen MR) is 115 cm³/mol. The molecule has 2 fully saturated rings. The molecule has 1 aromatic carbocycles. The van der Waals surface area contributed by atoms with Crippen molar-refractivity contribution >= 4 is 35.1 Å². The van der Waals surface area contributed by atoms with E-state index < -0.39 is 47.5 Å². The number of nitrogens with zero attached hydrogens (tertiary/aromatic N) is 2. The predicted octanol–water partition coefficient (Wildman–Crippen LogP) is 1.32. The number of halogens is 1. The van der Waals surface area contributed by atoms with E-state index in [1.54, 1.807) is 60.4 Å². The minimum atomic E-state index is -1.34. The number of anilines is 1. The van der Waals surface area contributed by atoms with Crippen LogP contribution in [0, 0.1) is 11.8 Å². The van der Waals surface area contributed by atoms with Crippen molar-refractivity contribution in [1.29, 1.82) is 0 Å². The molecule has 0 radical (unpaired) electrons. The maximum Gasteiger partial charge on any atom is 0.313 e. The number of aliphatic hydroxyl groups is 1. The molecule has 2 saturated heterocycles. The highest BCUT2D eigenvalue weighted by Gasteiger charge is 2.72. The van der Waals surface area contributed by atoms with Crippen molar-refractivity contribution in [2.24, 2.45) is 11.8 Å². The van der Waals surface area contributed by atoms with Gasteiger partial charge in [-0.05, 0) is 37.3 Å². The maximum absolute atomic E-state index is 13.9. The highest BCUT2D eigenvalue weighted by Crippen LogP contribution is 2.53. The lowest BCUT2D eigenvalue weighted by Gasteiger charge is -2.37. The van der Waals surface area contributed by atoms with Crippen LogP contribution in [0.3, 0.4) is 0 Å². The van der Waals surface area contributed by atoms with Crippen LogP contribution >= 0.6 is 11.6 Å². The third-order valence-corrected chi connectivity index (χ3v) is 6.98. The van der Waals surface area contributed by atoms with Gasteiger partial charge in [-0.1, -0.05) is 29.8 Å². The highest BCUT2D eigenvalue weighted by atomic mass is 35.5. The lowest BCUT2D eigenvalue weighted by Crippen LogP contribution is -2.57. The van der Waals surface area contributed by atoms with Crippen LogP contribution in [-0.2, 0) is 23.9 Å². The van der Waals surface area contributed by atoms with Crippen molar-refractivity contribution in [3.63, 3.8) is 0 Å². The molecule has 1 aromatic rings. The Morgan fingerprint density at radius 3 is 2.66 bits per heavy atom. The number of rotatable bonds is 3. The quantitative estimate of drug-likeness (QED) is 0.542. The molecule has 4 heterocycles. The molecular weight excluding hydrogens is 436 g/mol. The van der Waals surface area contributed by atoms with E-state index in [0.29, 0.717) is 10.7 Å².